The molecule has 4 rings (SSSR count). The van der Waals surface area contributed by atoms with Crippen molar-refractivity contribution in [3.8, 4) is 5.69 Å². The molecule has 0 amide bonds. The summed E-state index contributed by atoms with van der Waals surface area (Å²) in [5, 5.41) is 24.2. The van der Waals surface area contributed by atoms with Crippen molar-refractivity contribution in [3.05, 3.63) is 89.3 Å². The lowest BCUT2D eigenvalue weighted by atomic mass is 9.99. The van der Waals surface area contributed by atoms with Gasteiger partial charge in [-0.15, -0.1) is 0 Å². The SMILES string of the molecule is O=C(O)c1c(C2=CC(O)c3ccccc32)cnn1-c1ccccc1. The van der Waals surface area contributed by atoms with Crippen LogP contribution in [0.3, 0.4) is 0 Å². The van der Waals surface area contributed by atoms with Crippen molar-refractivity contribution in [3.63, 3.8) is 0 Å². The molecule has 1 aliphatic carbocycles. The minimum absolute atomic E-state index is 0.0800. The van der Waals surface area contributed by atoms with E-state index in [1.165, 1.54) is 10.9 Å². The first-order valence-corrected chi connectivity index (χ1v) is 7.53. The first kappa shape index (κ1) is 14.4. The second kappa shape index (κ2) is 5.47. The Bertz CT molecular complexity index is 958. The standard InChI is InChI=1S/C19H14N2O3/c22-17-10-15(13-8-4-5-9-14(13)17)16-11-20-21(18(16)19(23)24)12-6-2-1-3-7-12/h1-11,17,22H,(H,23,24). The zero-order valence-corrected chi connectivity index (χ0v) is 12.6. The van der Waals surface area contributed by atoms with Crippen LogP contribution in [0.2, 0.25) is 0 Å². The van der Waals surface area contributed by atoms with Crippen LogP contribution in [-0.4, -0.2) is 26.0 Å². The van der Waals surface area contributed by atoms with Crippen LogP contribution in [0.1, 0.15) is 33.3 Å². The maximum atomic E-state index is 11.9. The number of para-hydroxylation sites is 1. The molecule has 1 aromatic heterocycles. The number of hydrogen-bond acceptors (Lipinski definition) is 3. The molecule has 5 heteroatoms. The van der Waals surface area contributed by atoms with Crippen LogP contribution in [-0.2, 0) is 0 Å². The predicted molar refractivity (Wildman–Crippen MR) is 89.0 cm³/mol. The van der Waals surface area contributed by atoms with Gasteiger partial charge in [0.2, 0.25) is 0 Å². The van der Waals surface area contributed by atoms with Crippen LogP contribution < -0.4 is 0 Å². The van der Waals surface area contributed by atoms with Gasteiger partial charge in [0.25, 0.3) is 0 Å². The molecule has 2 N–H and O–H groups in total. The van der Waals surface area contributed by atoms with Crippen molar-refractivity contribution >= 4 is 11.5 Å². The highest BCUT2D eigenvalue weighted by molar-refractivity contribution is 5.97. The van der Waals surface area contributed by atoms with Gasteiger partial charge in [-0.3, -0.25) is 0 Å². The molecule has 0 bridgehead atoms. The van der Waals surface area contributed by atoms with E-state index in [0.717, 1.165) is 11.1 Å². The van der Waals surface area contributed by atoms with Crippen molar-refractivity contribution < 1.29 is 15.0 Å². The monoisotopic (exact) mass is 318 g/mol. The second-order valence-electron chi connectivity index (χ2n) is 5.57. The quantitative estimate of drug-likeness (QED) is 0.778. The maximum absolute atomic E-state index is 11.9. The summed E-state index contributed by atoms with van der Waals surface area (Å²) in [6, 6.07) is 16.6. The highest BCUT2D eigenvalue weighted by Gasteiger charge is 2.28. The number of aliphatic hydroxyl groups is 1. The van der Waals surface area contributed by atoms with Crippen molar-refractivity contribution in [1.82, 2.24) is 9.78 Å². The fourth-order valence-electron chi connectivity index (χ4n) is 3.09. The molecule has 0 saturated heterocycles. The van der Waals surface area contributed by atoms with Gasteiger partial charge in [-0.1, -0.05) is 42.5 Å². The third-order valence-corrected chi connectivity index (χ3v) is 4.16. The van der Waals surface area contributed by atoms with Gasteiger partial charge in [0, 0.05) is 5.56 Å². The van der Waals surface area contributed by atoms with Crippen LogP contribution in [0.4, 0.5) is 0 Å². The number of carbonyl (C=O) groups is 1. The average Bonchev–Trinajstić information content (AvgIpc) is 3.18. The minimum Gasteiger partial charge on any atom is -0.476 e. The molecular formula is C19H14N2O3. The molecule has 2 aromatic carbocycles. The Balaban J connectivity index is 1.91. The van der Waals surface area contributed by atoms with E-state index >= 15 is 0 Å². The molecule has 0 radical (unpaired) electrons. The number of aromatic nitrogens is 2. The van der Waals surface area contributed by atoms with Gasteiger partial charge in [-0.05, 0) is 34.9 Å². The van der Waals surface area contributed by atoms with Gasteiger partial charge < -0.3 is 10.2 Å². The van der Waals surface area contributed by atoms with Crippen molar-refractivity contribution in [2.45, 2.75) is 6.10 Å². The van der Waals surface area contributed by atoms with E-state index in [4.69, 9.17) is 0 Å². The van der Waals surface area contributed by atoms with Crippen molar-refractivity contribution in [1.29, 1.82) is 0 Å². The molecule has 118 valence electrons. The highest BCUT2D eigenvalue weighted by atomic mass is 16.4. The fraction of sp³-hybridized carbons (Fsp3) is 0.0526. The van der Waals surface area contributed by atoms with E-state index in [0.29, 0.717) is 16.8 Å². The molecule has 1 heterocycles. The van der Waals surface area contributed by atoms with Crippen molar-refractivity contribution in [2.75, 3.05) is 0 Å². The van der Waals surface area contributed by atoms with E-state index in [1.807, 2.05) is 42.5 Å². The molecule has 1 unspecified atom stereocenters. The Hall–Kier alpha value is -3.18. The van der Waals surface area contributed by atoms with Crippen LogP contribution in [0, 0.1) is 0 Å². The minimum atomic E-state index is -1.06. The number of carboxylic acids is 1. The van der Waals surface area contributed by atoms with E-state index in [-0.39, 0.29) is 5.69 Å². The summed E-state index contributed by atoms with van der Waals surface area (Å²) in [5.41, 5.74) is 3.55. The molecule has 1 aliphatic rings. The molecule has 3 aromatic rings. The molecule has 0 aliphatic heterocycles. The summed E-state index contributed by atoms with van der Waals surface area (Å²) in [6.07, 6.45) is 2.47. The van der Waals surface area contributed by atoms with E-state index in [1.54, 1.807) is 18.2 Å². The van der Waals surface area contributed by atoms with Crippen LogP contribution in [0.5, 0.6) is 0 Å². The molecule has 0 saturated carbocycles. The summed E-state index contributed by atoms with van der Waals surface area (Å²) in [5.74, 6) is -1.06. The van der Waals surface area contributed by atoms with Gasteiger partial charge in [0.15, 0.2) is 5.69 Å². The lowest BCUT2D eigenvalue weighted by Gasteiger charge is -2.08. The van der Waals surface area contributed by atoms with Gasteiger partial charge in [0.05, 0.1) is 18.0 Å². The van der Waals surface area contributed by atoms with E-state index < -0.39 is 12.1 Å². The Morgan fingerprint density at radius 1 is 1.00 bits per heavy atom. The van der Waals surface area contributed by atoms with Gasteiger partial charge in [0.1, 0.15) is 0 Å². The Kier molecular flexibility index (Phi) is 3.29. The lowest BCUT2D eigenvalue weighted by Crippen LogP contribution is -2.10. The van der Waals surface area contributed by atoms with Gasteiger partial charge >= 0.3 is 5.97 Å². The first-order chi connectivity index (χ1) is 11.7. The van der Waals surface area contributed by atoms with Gasteiger partial charge in [-0.25, -0.2) is 9.48 Å². The van der Waals surface area contributed by atoms with Crippen LogP contribution in [0.25, 0.3) is 11.3 Å². The smallest absolute Gasteiger partial charge is 0.355 e. The summed E-state index contributed by atoms with van der Waals surface area (Å²) in [7, 11) is 0. The summed E-state index contributed by atoms with van der Waals surface area (Å²) in [4.78, 5) is 11.9. The Labute approximate surface area is 138 Å². The van der Waals surface area contributed by atoms with Crippen LogP contribution in [0.15, 0.2) is 66.9 Å². The van der Waals surface area contributed by atoms with E-state index in [9.17, 15) is 15.0 Å². The number of nitrogens with zero attached hydrogens (tertiary/aromatic N) is 2. The second-order valence-corrected chi connectivity index (χ2v) is 5.57. The summed E-state index contributed by atoms with van der Waals surface area (Å²) in [6.45, 7) is 0. The summed E-state index contributed by atoms with van der Waals surface area (Å²) < 4.78 is 1.41. The van der Waals surface area contributed by atoms with Crippen molar-refractivity contribution in [2.24, 2.45) is 0 Å². The molecule has 0 spiro atoms. The third kappa shape index (κ3) is 2.14. The molecule has 0 fully saturated rings. The lowest BCUT2D eigenvalue weighted by molar-refractivity contribution is 0.0686. The number of fused-ring (bicyclic) bond motifs is 1. The normalized spacial score (nSPS) is 15.9. The predicted octanol–water partition coefficient (Wildman–Crippen LogP) is 3.05. The molecular weight excluding hydrogens is 304 g/mol. The number of aromatic carboxylic acids is 1. The molecule has 1 atom stereocenters. The zero-order chi connectivity index (χ0) is 16.7. The third-order valence-electron chi connectivity index (χ3n) is 4.16. The highest BCUT2D eigenvalue weighted by Crippen LogP contribution is 2.39. The average molecular weight is 318 g/mol. The number of rotatable bonds is 3. The van der Waals surface area contributed by atoms with Gasteiger partial charge in [-0.2, -0.15) is 5.10 Å². The summed E-state index contributed by atoms with van der Waals surface area (Å²) >= 11 is 0. The fourth-order valence-corrected chi connectivity index (χ4v) is 3.09. The van der Waals surface area contributed by atoms with E-state index in [2.05, 4.69) is 5.10 Å². The maximum Gasteiger partial charge on any atom is 0.355 e. The Morgan fingerprint density at radius 3 is 2.46 bits per heavy atom. The molecule has 24 heavy (non-hydrogen) atoms. The molecule has 5 nitrogen and oxygen atoms in total. The Morgan fingerprint density at radius 2 is 1.71 bits per heavy atom. The zero-order valence-electron chi connectivity index (χ0n) is 12.6. The largest absolute Gasteiger partial charge is 0.476 e. The number of carboxylic acid groups (broad SMARTS) is 1. The number of benzene rings is 2. The first-order valence-electron chi connectivity index (χ1n) is 7.53. The van der Waals surface area contributed by atoms with Crippen LogP contribution >= 0.6 is 0 Å². The number of aliphatic hydroxyl groups excluding tert-OH is 1. The topological polar surface area (TPSA) is 75.3 Å². The number of hydrogen-bond donors (Lipinski definition) is 2.